The number of terminal acetylenes is 1. The van der Waals surface area contributed by atoms with Gasteiger partial charge in [-0.15, -0.1) is 11.5 Å². The topological polar surface area (TPSA) is 60.2 Å². The zero-order valence-electron chi connectivity index (χ0n) is 12.4. The van der Waals surface area contributed by atoms with Gasteiger partial charge in [0.25, 0.3) is 0 Å². The summed E-state index contributed by atoms with van der Waals surface area (Å²) >= 11 is 0. The van der Waals surface area contributed by atoms with E-state index in [-0.39, 0.29) is 6.61 Å². The maximum atomic E-state index is 10.4. The van der Waals surface area contributed by atoms with Crippen molar-refractivity contribution in [2.45, 2.75) is 32.4 Å². The summed E-state index contributed by atoms with van der Waals surface area (Å²) in [7, 11) is 0. The van der Waals surface area contributed by atoms with Crippen molar-refractivity contribution >= 4 is 0 Å². The van der Waals surface area contributed by atoms with Gasteiger partial charge in [-0.1, -0.05) is 23.4 Å². The molecule has 2 rings (SSSR count). The highest BCUT2D eigenvalue weighted by molar-refractivity contribution is 5.29. The molecular formula is C16H19N3O2. The number of rotatable bonds is 5. The van der Waals surface area contributed by atoms with Crippen molar-refractivity contribution in [1.29, 1.82) is 0 Å². The second-order valence-corrected chi connectivity index (χ2v) is 5.37. The van der Waals surface area contributed by atoms with E-state index in [0.29, 0.717) is 17.1 Å². The Bertz CT molecular complexity index is 641. The van der Waals surface area contributed by atoms with Gasteiger partial charge in [-0.25, -0.2) is 4.68 Å². The summed E-state index contributed by atoms with van der Waals surface area (Å²) in [5, 5.41) is 18.5. The van der Waals surface area contributed by atoms with Gasteiger partial charge >= 0.3 is 0 Å². The van der Waals surface area contributed by atoms with Crippen molar-refractivity contribution in [2.24, 2.45) is 0 Å². The Balaban J connectivity index is 2.13. The number of aryl methyl sites for hydroxylation is 1. The predicted octanol–water partition coefficient (Wildman–Crippen LogP) is 1.74. The van der Waals surface area contributed by atoms with Gasteiger partial charge < -0.3 is 9.84 Å². The van der Waals surface area contributed by atoms with Crippen LogP contribution in [-0.4, -0.2) is 32.8 Å². The molecular weight excluding hydrogens is 266 g/mol. The lowest BCUT2D eigenvalue weighted by Gasteiger charge is -2.31. The molecule has 5 heteroatoms. The zero-order chi connectivity index (χ0) is 15.5. The van der Waals surface area contributed by atoms with Gasteiger partial charge in [0.05, 0.1) is 11.2 Å². The van der Waals surface area contributed by atoms with Gasteiger partial charge in [0.15, 0.2) is 0 Å². The Morgan fingerprint density at radius 1 is 1.38 bits per heavy atom. The van der Waals surface area contributed by atoms with Crippen molar-refractivity contribution < 1.29 is 9.84 Å². The number of aromatic nitrogens is 3. The number of hydrogen-bond acceptors (Lipinski definition) is 4. The Labute approximate surface area is 124 Å². The molecule has 0 spiro atoms. The quantitative estimate of drug-likeness (QED) is 0.850. The monoisotopic (exact) mass is 285 g/mol. The number of hydrogen-bond donors (Lipinski definition) is 1. The van der Waals surface area contributed by atoms with Crippen LogP contribution in [0.3, 0.4) is 0 Å². The lowest BCUT2D eigenvalue weighted by atomic mass is 9.97. The minimum atomic E-state index is -0.786. The molecule has 1 N–H and O–H groups in total. The van der Waals surface area contributed by atoms with Crippen LogP contribution < -0.4 is 4.74 Å². The van der Waals surface area contributed by atoms with E-state index in [0.717, 1.165) is 0 Å². The van der Waals surface area contributed by atoms with Crippen molar-refractivity contribution in [3.8, 4) is 18.1 Å². The van der Waals surface area contributed by atoms with Gasteiger partial charge in [0, 0.05) is 0 Å². The second kappa shape index (κ2) is 5.98. The molecule has 0 saturated carbocycles. The zero-order valence-corrected chi connectivity index (χ0v) is 12.4. The summed E-state index contributed by atoms with van der Waals surface area (Å²) in [6.45, 7) is 5.63. The number of aliphatic hydroxyl groups excluding tert-OH is 1. The molecule has 1 aromatic heterocycles. The van der Waals surface area contributed by atoms with Crippen molar-refractivity contribution in [1.82, 2.24) is 15.0 Å². The largest absolute Gasteiger partial charge is 0.491 e. The summed E-state index contributed by atoms with van der Waals surface area (Å²) < 4.78 is 7.16. The molecule has 0 fully saturated rings. The minimum Gasteiger partial charge on any atom is -0.491 e. The normalized spacial score (nSPS) is 12.7. The van der Waals surface area contributed by atoms with Gasteiger partial charge in [0.2, 0.25) is 0 Å². The smallest absolute Gasteiger partial charge is 0.134 e. The van der Waals surface area contributed by atoms with Crippen LogP contribution in [-0.2, 0) is 5.54 Å². The summed E-state index contributed by atoms with van der Waals surface area (Å²) in [4.78, 5) is 0. The van der Waals surface area contributed by atoms with Crippen LogP contribution >= 0.6 is 0 Å². The molecule has 5 nitrogen and oxygen atoms in total. The number of aliphatic hydroxyl groups is 1. The van der Waals surface area contributed by atoms with Gasteiger partial charge in [-0.05, 0) is 38.8 Å². The molecule has 0 saturated heterocycles. The summed E-state index contributed by atoms with van der Waals surface area (Å²) in [5.41, 5.74) is 0.512. The molecule has 1 unspecified atom stereocenters. The molecule has 0 aliphatic heterocycles. The van der Waals surface area contributed by atoms with E-state index in [1.54, 1.807) is 11.6 Å². The van der Waals surface area contributed by atoms with Crippen molar-refractivity contribution in [3.05, 3.63) is 41.7 Å². The summed E-state index contributed by atoms with van der Waals surface area (Å²) in [5.74, 6) is 3.27. The summed E-state index contributed by atoms with van der Waals surface area (Å²) in [6, 6.07) is 9.34. The first-order chi connectivity index (χ1) is 9.96. The van der Waals surface area contributed by atoms with E-state index in [9.17, 15) is 5.11 Å². The van der Waals surface area contributed by atoms with Crippen molar-refractivity contribution in [3.63, 3.8) is 0 Å². The standard InChI is InChI=1S/C16H19N3O2/c1-5-14-12(2)17-18-19(14)16(3,4)15(20)11-21-13-9-7-6-8-10-13/h1,6-10,15,20H,11H2,2-4H3. The van der Waals surface area contributed by atoms with Crippen LogP contribution in [0.2, 0.25) is 0 Å². The molecule has 1 heterocycles. The van der Waals surface area contributed by atoms with E-state index < -0.39 is 11.6 Å². The van der Waals surface area contributed by atoms with Gasteiger partial charge in [0.1, 0.15) is 24.2 Å². The SMILES string of the molecule is C#Cc1c(C)nnn1C(C)(C)C(O)COc1ccccc1. The van der Waals surface area contributed by atoms with Crippen LogP contribution in [0.5, 0.6) is 5.75 Å². The highest BCUT2D eigenvalue weighted by Crippen LogP contribution is 2.23. The molecule has 0 aliphatic rings. The Kier molecular flexibility index (Phi) is 4.29. The van der Waals surface area contributed by atoms with Gasteiger partial charge in [-0.3, -0.25) is 0 Å². The fraction of sp³-hybridized carbons (Fsp3) is 0.375. The van der Waals surface area contributed by atoms with E-state index in [4.69, 9.17) is 11.2 Å². The summed E-state index contributed by atoms with van der Waals surface area (Å²) in [6.07, 6.45) is 4.71. The lowest BCUT2D eigenvalue weighted by molar-refractivity contribution is 0.0110. The van der Waals surface area contributed by atoms with E-state index in [1.807, 2.05) is 44.2 Å². The molecule has 2 aromatic rings. The average Bonchev–Trinajstić information content (AvgIpc) is 2.87. The molecule has 0 amide bonds. The highest BCUT2D eigenvalue weighted by Gasteiger charge is 2.34. The third-order valence-corrected chi connectivity index (χ3v) is 3.49. The van der Waals surface area contributed by atoms with Crippen molar-refractivity contribution in [2.75, 3.05) is 6.61 Å². The van der Waals surface area contributed by atoms with Crippen LogP contribution in [0.25, 0.3) is 0 Å². The van der Waals surface area contributed by atoms with Crippen LogP contribution in [0, 0.1) is 19.3 Å². The number of ether oxygens (including phenoxy) is 1. The maximum Gasteiger partial charge on any atom is 0.134 e. The van der Waals surface area contributed by atoms with E-state index in [1.165, 1.54) is 0 Å². The van der Waals surface area contributed by atoms with E-state index in [2.05, 4.69) is 16.2 Å². The Morgan fingerprint density at radius 2 is 2.05 bits per heavy atom. The fourth-order valence-electron chi connectivity index (χ4n) is 1.96. The number of benzene rings is 1. The molecule has 21 heavy (non-hydrogen) atoms. The molecule has 1 aromatic carbocycles. The molecule has 1 atom stereocenters. The van der Waals surface area contributed by atoms with Crippen LogP contribution in [0.1, 0.15) is 25.2 Å². The Morgan fingerprint density at radius 3 is 2.67 bits per heavy atom. The first-order valence-corrected chi connectivity index (χ1v) is 6.72. The lowest BCUT2D eigenvalue weighted by Crippen LogP contribution is -2.44. The van der Waals surface area contributed by atoms with Crippen LogP contribution in [0.4, 0.5) is 0 Å². The third kappa shape index (κ3) is 3.06. The Hall–Kier alpha value is -2.32. The first kappa shape index (κ1) is 15.1. The molecule has 110 valence electrons. The number of nitrogens with zero attached hydrogens (tertiary/aromatic N) is 3. The first-order valence-electron chi connectivity index (χ1n) is 6.72. The highest BCUT2D eigenvalue weighted by atomic mass is 16.5. The van der Waals surface area contributed by atoms with Crippen LogP contribution in [0.15, 0.2) is 30.3 Å². The minimum absolute atomic E-state index is 0.139. The number of para-hydroxylation sites is 1. The molecule has 0 bridgehead atoms. The third-order valence-electron chi connectivity index (χ3n) is 3.49. The average molecular weight is 285 g/mol. The maximum absolute atomic E-state index is 10.4. The van der Waals surface area contributed by atoms with Gasteiger partial charge in [-0.2, -0.15) is 0 Å². The molecule has 0 aliphatic carbocycles. The van der Waals surface area contributed by atoms with E-state index >= 15 is 0 Å². The second-order valence-electron chi connectivity index (χ2n) is 5.37. The molecule has 0 radical (unpaired) electrons. The fourth-order valence-corrected chi connectivity index (χ4v) is 1.96. The predicted molar refractivity (Wildman–Crippen MR) is 80.0 cm³/mol.